The van der Waals surface area contributed by atoms with Crippen molar-refractivity contribution in [1.29, 1.82) is 0 Å². The number of aromatic nitrogens is 1. The Morgan fingerprint density at radius 2 is 2.13 bits per heavy atom. The first-order valence-corrected chi connectivity index (χ1v) is 8.28. The molecule has 5 heteroatoms. The lowest BCUT2D eigenvalue weighted by atomic mass is 10.0. The van der Waals surface area contributed by atoms with Gasteiger partial charge in [-0.1, -0.05) is 19.1 Å². The minimum absolute atomic E-state index is 0.115. The van der Waals surface area contributed by atoms with Gasteiger partial charge in [-0.15, -0.1) is 0 Å². The van der Waals surface area contributed by atoms with Gasteiger partial charge in [0.2, 0.25) is 0 Å². The topological polar surface area (TPSA) is 65.7 Å². The first kappa shape index (κ1) is 16.0. The number of hydrogen-bond acceptors (Lipinski definition) is 3. The van der Waals surface area contributed by atoms with E-state index in [1.165, 1.54) is 11.3 Å². The molecule has 2 N–H and O–H groups in total. The predicted molar refractivity (Wildman–Crippen MR) is 90.0 cm³/mol. The van der Waals surface area contributed by atoms with E-state index >= 15 is 0 Å². The third-order valence-corrected chi connectivity index (χ3v) is 4.90. The number of fused-ring (bicyclic) bond motifs is 3. The Balaban J connectivity index is 2.28. The number of nitrogens with zero attached hydrogens (tertiary/aromatic N) is 2. The van der Waals surface area contributed by atoms with Crippen LogP contribution in [0.5, 0.6) is 0 Å². The van der Waals surface area contributed by atoms with Gasteiger partial charge < -0.3 is 14.8 Å². The van der Waals surface area contributed by atoms with Crippen molar-refractivity contribution in [2.45, 2.75) is 39.8 Å². The van der Waals surface area contributed by atoms with E-state index in [-0.39, 0.29) is 6.61 Å². The normalized spacial score (nSPS) is 15.1. The quantitative estimate of drug-likeness (QED) is 0.889. The average molecular weight is 316 g/mol. The fourth-order valence-corrected chi connectivity index (χ4v) is 3.71. The Morgan fingerprint density at radius 3 is 2.78 bits per heavy atom. The molecule has 1 aromatic carbocycles. The molecule has 0 saturated heterocycles. The largest absolute Gasteiger partial charge is 0.478 e. The second kappa shape index (κ2) is 6.34. The van der Waals surface area contributed by atoms with E-state index in [2.05, 4.69) is 22.5 Å². The third kappa shape index (κ3) is 2.64. The lowest BCUT2D eigenvalue weighted by Crippen LogP contribution is -2.30. The van der Waals surface area contributed by atoms with Gasteiger partial charge in [-0.05, 0) is 31.0 Å². The van der Waals surface area contributed by atoms with E-state index in [4.69, 9.17) is 0 Å². The minimum Gasteiger partial charge on any atom is -0.478 e. The van der Waals surface area contributed by atoms with Gasteiger partial charge in [0.05, 0.1) is 11.1 Å². The maximum absolute atomic E-state index is 11.8. The Morgan fingerprint density at radius 1 is 1.35 bits per heavy atom. The number of aliphatic hydroxyl groups is 1. The zero-order valence-corrected chi connectivity index (χ0v) is 13.8. The van der Waals surface area contributed by atoms with Crippen LogP contribution >= 0.6 is 0 Å². The maximum Gasteiger partial charge on any atom is 0.338 e. The van der Waals surface area contributed by atoms with Crippen molar-refractivity contribution >= 4 is 16.9 Å². The van der Waals surface area contributed by atoms with Crippen molar-refractivity contribution in [2.24, 2.45) is 0 Å². The summed E-state index contributed by atoms with van der Waals surface area (Å²) in [5, 5.41) is 20.0. The highest BCUT2D eigenvalue weighted by atomic mass is 16.4. The molecule has 0 atom stereocenters. The number of hydrogen-bond donors (Lipinski definition) is 2. The van der Waals surface area contributed by atoms with Crippen LogP contribution in [0.2, 0.25) is 0 Å². The summed E-state index contributed by atoms with van der Waals surface area (Å²) in [6.45, 7) is 7.66. The highest BCUT2D eigenvalue weighted by Crippen LogP contribution is 2.34. The van der Waals surface area contributed by atoms with E-state index in [0.29, 0.717) is 18.5 Å². The number of likely N-dealkylation sites (N-methyl/N-ethyl adjacent to an activating group) is 1. The molecule has 0 saturated carbocycles. The molecule has 2 heterocycles. The van der Waals surface area contributed by atoms with Gasteiger partial charge in [-0.25, -0.2) is 4.79 Å². The zero-order chi connectivity index (χ0) is 16.6. The molecule has 2 aromatic rings. The van der Waals surface area contributed by atoms with Crippen LogP contribution in [0.4, 0.5) is 0 Å². The number of carboxylic acids is 1. The molecule has 0 aliphatic carbocycles. The molecule has 5 nitrogen and oxygen atoms in total. The van der Waals surface area contributed by atoms with Crippen LogP contribution in [0.1, 0.15) is 40.5 Å². The van der Waals surface area contributed by atoms with Crippen LogP contribution in [0.25, 0.3) is 10.9 Å². The third-order valence-electron chi connectivity index (χ3n) is 4.90. The molecule has 0 unspecified atom stereocenters. The van der Waals surface area contributed by atoms with Crippen LogP contribution in [-0.4, -0.2) is 45.3 Å². The number of rotatable bonds is 5. The molecular formula is C18H24N2O3. The summed E-state index contributed by atoms with van der Waals surface area (Å²) < 4.78 is 2.14. The van der Waals surface area contributed by atoms with Crippen LogP contribution in [0, 0.1) is 6.92 Å². The summed E-state index contributed by atoms with van der Waals surface area (Å²) >= 11 is 0. The lowest BCUT2D eigenvalue weighted by molar-refractivity contribution is 0.0698. The van der Waals surface area contributed by atoms with Crippen molar-refractivity contribution in [3.05, 3.63) is 34.5 Å². The van der Waals surface area contributed by atoms with Gasteiger partial charge in [0.25, 0.3) is 0 Å². The maximum atomic E-state index is 11.8. The number of carbonyl (C=O) groups is 1. The van der Waals surface area contributed by atoms with Crippen LogP contribution in [0.3, 0.4) is 0 Å². The van der Waals surface area contributed by atoms with Gasteiger partial charge in [-0.3, -0.25) is 4.90 Å². The fraction of sp³-hybridized carbons (Fsp3) is 0.500. The molecule has 3 rings (SSSR count). The first-order valence-electron chi connectivity index (χ1n) is 8.28. The summed E-state index contributed by atoms with van der Waals surface area (Å²) in [4.78, 5) is 14.2. The van der Waals surface area contributed by atoms with Gasteiger partial charge in [0.1, 0.15) is 0 Å². The lowest BCUT2D eigenvalue weighted by Gasteiger charge is -2.26. The molecule has 0 bridgehead atoms. The van der Waals surface area contributed by atoms with Crippen LogP contribution in [-0.2, 0) is 19.5 Å². The van der Waals surface area contributed by atoms with Gasteiger partial charge >= 0.3 is 5.97 Å². The summed E-state index contributed by atoms with van der Waals surface area (Å²) in [6.07, 6.45) is 1.57. The molecule has 0 amide bonds. The summed E-state index contributed by atoms with van der Waals surface area (Å²) in [7, 11) is 0. The van der Waals surface area contributed by atoms with E-state index in [9.17, 15) is 15.0 Å². The number of aromatic carboxylic acids is 1. The van der Waals surface area contributed by atoms with E-state index < -0.39 is 5.97 Å². The SMILES string of the molecule is CCN1CCc2c(c3ccc(C)c(C(=O)O)c3n2CCCO)C1. The fourth-order valence-electron chi connectivity index (χ4n) is 3.71. The molecule has 23 heavy (non-hydrogen) atoms. The van der Waals surface area contributed by atoms with Gasteiger partial charge in [0, 0.05) is 43.7 Å². The number of carboxylic acid groups (broad SMARTS) is 1. The Bertz CT molecular complexity index is 749. The second-order valence-electron chi connectivity index (χ2n) is 6.23. The van der Waals surface area contributed by atoms with Crippen molar-refractivity contribution < 1.29 is 15.0 Å². The molecule has 0 spiro atoms. The van der Waals surface area contributed by atoms with Crippen molar-refractivity contribution in [3.63, 3.8) is 0 Å². The Labute approximate surface area is 136 Å². The molecule has 1 aromatic heterocycles. The smallest absolute Gasteiger partial charge is 0.338 e. The first-order chi connectivity index (χ1) is 11.1. The van der Waals surface area contributed by atoms with Gasteiger partial charge in [-0.2, -0.15) is 0 Å². The summed E-state index contributed by atoms with van der Waals surface area (Å²) in [5.41, 5.74) is 4.52. The average Bonchev–Trinajstić information content (AvgIpc) is 2.85. The summed E-state index contributed by atoms with van der Waals surface area (Å²) in [5.74, 6) is -0.874. The highest BCUT2D eigenvalue weighted by Gasteiger charge is 2.26. The molecular weight excluding hydrogens is 292 g/mol. The standard InChI is InChI=1S/C18H24N2O3/c1-3-19-9-7-15-14(11-19)13-6-5-12(2)16(18(22)23)17(13)20(15)8-4-10-21/h5-6,21H,3-4,7-11H2,1-2H3,(H,22,23). The van der Waals surface area contributed by atoms with E-state index in [1.54, 1.807) is 0 Å². The molecule has 1 aliphatic rings. The van der Waals surface area contributed by atoms with Crippen molar-refractivity contribution in [3.8, 4) is 0 Å². The predicted octanol–water partition coefficient (Wildman–Crippen LogP) is 2.41. The monoisotopic (exact) mass is 316 g/mol. The Hall–Kier alpha value is -1.85. The zero-order valence-electron chi connectivity index (χ0n) is 13.8. The number of aryl methyl sites for hydroxylation is 2. The molecule has 124 valence electrons. The number of benzene rings is 1. The highest BCUT2D eigenvalue weighted by molar-refractivity contribution is 6.05. The molecule has 1 aliphatic heterocycles. The van der Waals surface area contributed by atoms with E-state index in [0.717, 1.165) is 42.5 Å². The molecule has 0 fully saturated rings. The Kier molecular flexibility index (Phi) is 4.41. The van der Waals surface area contributed by atoms with Gasteiger partial charge in [0.15, 0.2) is 0 Å². The van der Waals surface area contributed by atoms with Crippen LogP contribution in [0.15, 0.2) is 12.1 Å². The number of aliphatic hydroxyl groups excluding tert-OH is 1. The molecule has 0 radical (unpaired) electrons. The van der Waals surface area contributed by atoms with E-state index in [1.807, 2.05) is 13.0 Å². The summed E-state index contributed by atoms with van der Waals surface area (Å²) in [6, 6.07) is 3.97. The van der Waals surface area contributed by atoms with Crippen LogP contribution < -0.4 is 0 Å². The minimum atomic E-state index is -0.874. The second-order valence-corrected chi connectivity index (χ2v) is 6.23. The van der Waals surface area contributed by atoms with Crippen molar-refractivity contribution in [1.82, 2.24) is 9.47 Å². The van der Waals surface area contributed by atoms with Crippen molar-refractivity contribution in [2.75, 3.05) is 19.7 Å².